The Morgan fingerprint density at radius 2 is 1.95 bits per heavy atom. The van der Waals surface area contributed by atoms with Crippen molar-refractivity contribution in [2.24, 2.45) is 5.92 Å². The third kappa shape index (κ3) is 4.32. The molecule has 0 aromatic heterocycles. The number of nitrogens with zero attached hydrogens (tertiary/aromatic N) is 1. The zero-order valence-corrected chi connectivity index (χ0v) is 12.7. The van der Waals surface area contributed by atoms with Gasteiger partial charge in [0.2, 0.25) is 0 Å². The molecule has 1 aromatic carbocycles. The lowest BCUT2D eigenvalue weighted by Crippen LogP contribution is -2.29. The van der Waals surface area contributed by atoms with Crippen LogP contribution in [0.15, 0.2) is 24.3 Å². The molecule has 19 heavy (non-hydrogen) atoms. The van der Waals surface area contributed by atoms with E-state index in [1.807, 2.05) is 7.05 Å². The van der Waals surface area contributed by atoms with Gasteiger partial charge in [-0.05, 0) is 49.9 Å². The molecule has 2 heteroatoms. The molecular formula is C17H28N2. The van der Waals surface area contributed by atoms with E-state index < -0.39 is 0 Å². The second-order valence-corrected chi connectivity index (χ2v) is 6.19. The second kappa shape index (κ2) is 7.06. The highest BCUT2D eigenvalue weighted by Crippen LogP contribution is 2.27. The van der Waals surface area contributed by atoms with Crippen LogP contribution >= 0.6 is 0 Å². The Morgan fingerprint density at radius 1 is 1.26 bits per heavy atom. The molecule has 2 nitrogen and oxygen atoms in total. The van der Waals surface area contributed by atoms with Crippen molar-refractivity contribution in [3.63, 3.8) is 0 Å². The summed E-state index contributed by atoms with van der Waals surface area (Å²) >= 11 is 0. The zero-order chi connectivity index (χ0) is 13.7. The number of likely N-dealkylation sites (N-methyl/N-ethyl adjacent to an activating group) is 1. The van der Waals surface area contributed by atoms with Gasteiger partial charge in [-0.3, -0.25) is 0 Å². The van der Waals surface area contributed by atoms with Crippen molar-refractivity contribution in [3.05, 3.63) is 35.4 Å². The third-order valence-corrected chi connectivity index (χ3v) is 4.31. The first kappa shape index (κ1) is 14.5. The van der Waals surface area contributed by atoms with Gasteiger partial charge in [0.1, 0.15) is 0 Å². The Balaban J connectivity index is 1.83. The van der Waals surface area contributed by atoms with E-state index in [2.05, 4.69) is 48.5 Å². The molecule has 1 atom stereocenters. The molecule has 2 rings (SSSR count). The highest BCUT2D eigenvalue weighted by atomic mass is 15.1. The first-order valence-electron chi connectivity index (χ1n) is 7.61. The summed E-state index contributed by atoms with van der Waals surface area (Å²) in [7, 11) is 4.26. The van der Waals surface area contributed by atoms with Gasteiger partial charge in [-0.25, -0.2) is 0 Å². The number of nitrogens with one attached hydrogen (secondary N) is 1. The van der Waals surface area contributed by atoms with Crippen LogP contribution < -0.4 is 5.32 Å². The molecule has 1 saturated carbocycles. The van der Waals surface area contributed by atoms with Gasteiger partial charge in [0.15, 0.2) is 0 Å². The van der Waals surface area contributed by atoms with E-state index >= 15 is 0 Å². The minimum Gasteiger partial charge on any atom is -0.319 e. The third-order valence-electron chi connectivity index (χ3n) is 4.31. The number of rotatable bonds is 7. The predicted octanol–water partition coefficient (Wildman–Crippen LogP) is 3.24. The van der Waals surface area contributed by atoms with Crippen molar-refractivity contribution >= 4 is 0 Å². The largest absolute Gasteiger partial charge is 0.319 e. The molecule has 0 bridgehead atoms. The van der Waals surface area contributed by atoms with Gasteiger partial charge in [-0.15, -0.1) is 0 Å². The molecule has 0 spiro atoms. The summed E-state index contributed by atoms with van der Waals surface area (Å²) in [5.74, 6) is 1.55. The Hall–Kier alpha value is -0.860. The van der Waals surface area contributed by atoms with Crippen molar-refractivity contribution in [1.82, 2.24) is 10.2 Å². The molecule has 0 radical (unpaired) electrons. The summed E-state index contributed by atoms with van der Waals surface area (Å²) in [6, 6.07) is 9.15. The highest BCUT2D eigenvalue weighted by Gasteiger charge is 2.18. The average Bonchev–Trinajstić information content (AvgIpc) is 2.35. The van der Waals surface area contributed by atoms with Crippen LogP contribution in [0.25, 0.3) is 0 Å². The molecule has 1 aliphatic carbocycles. The lowest BCUT2D eigenvalue weighted by Gasteiger charge is -2.30. The van der Waals surface area contributed by atoms with E-state index in [4.69, 9.17) is 0 Å². The quantitative estimate of drug-likeness (QED) is 0.809. The van der Waals surface area contributed by atoms with Crippen molar-refractivity contribution < 1.29 is 0 Å². The first-order chi connectivity index (χ1) is 9.19. The number of hydrogen-bond acceptors (Lipinski definition) is 2. The van der Waals surface area contributed by atoms with Crippen molar-refractivity contribution in [2.45, 2.75) is 38.6 Å². The van der Waals surface area contributed by atoms with E-state index in [-0.39, 0.29) is 0 Å². The van der Waals surface area contributed by atoms with Gasteiger partial charge >= 0.3 is 0 Å². The smallest absolute Gasteiger partial charge is 0.0230 e. The fourth-order valence-electron chi connectivity index (χ4n) is 2.87. The molecule has 1 aromatic rings. The number of benzene rings is 1. The summed E-state index contributed by atoms with van der Waals surface area (Å²) in [4.78, 5) is 2.47. The Labute approximate surface area is 118 Å². The summed E-state index contributed by atoms with van der Waals surface area (Å²) in [6.07, 6.45) is 4.31. The van der Waals surface area contributed by atoms with E-state index in [1.165, 1.54) is 36.9 Å². The van der Waals surface area contributed by atoms with E-state index in [0.29, 0.717) is 5.92 Å². The topological polar surface area (TPSA) is 15.3 Å². The molecule has 1 N–H and O–H groups in total. The molecule has 1 unspecified atom stereocenters. The lowest BCUT2D eigenvalue weighted by atomic mass is 9.85. The molecule has 1 fully saturated rings. The SMILES string of the molecule is CNCC(C)c1ccc(CN(C)CC2CCC2)cc1. The average molecular weight is 260 g/mol. The van der Waals surface area contributed by atoms with Crippen LogP contribution in [0.2, 0.25) is 0 Å². The van der Waals surface area contributed by atoms with E-state index in [9.17, 15) is 0 Å². The van der Waals surface area contributed by atoms with Crippen molar-refractivity contribution in [1.29, 1.82) is 0 Å². The van der Waals surface area contributed by atoms with Gasteiger partial charge in [-0.2, -0.15) is 0 Å². The monoisotopic (exact) mass is 260 g/mol. The van der Waals surface area contributed by atoms with Crippen LogP contribution in [0.3, 0.4) is 0 Å². The minimum absolute atomic E-state index is 0.590. The Kier molecular flexibility index (Phi) is 5.41. The van der Waals surface area contributed by atoms with E-state index in [0.717, 1.165) is 19.0 Å². The van der Waals surface area contributed by atoms with Gasteiger partial charge in [0.25, 0.3) is 0 Å². The van der Waals surface area contributed by atoms with Gasteiger partial charge in [-0.1, -0.05) is 37.6 Å². The Bertz CT molecular complexity index is 367. The molecule has 1 aliphatic rings. The van der Waals surface area contributed by atoms with Gasteiger partial charge < -0.3 is 10.2 Å². The van der Waals surface area contributed by atoms with Gasteiger partial charge in [0.05, 0.1) is 0 Å². The van der Waals surface area contributed by atoms with Crippen LogP contribution in [-0.4, -0.2) is 32.1 Å². The maximum atomic E-state index is 3.24. The molecule has 0 heterocycles. The molecule has 0 amide bonds. The summed E-state index contributed by atoms with van der Waals surface area (Å²) < 4.78 is 0. The molecule has 0 aliphatic heterocycles. The minimum atomic E-state index is 0.590. The molecule has 0 saturated heterocycles. The predicted molar refractivity (Wildman–Crippen MR) is 82.5 cm³/mol. The zero-order valence-electron chi connectivity index (χ0n) is 12.7. The van der Waals surface area contributed by atoms with Crippen molar-refractivity contribution in [3.8, 4) is 0 Å². The lowest BCUT2D eigenvalue weighted by molar-refractivity contribution is 0.200. The van der Waals surface area contributed by atoms with E-state index in [1.54, 1.807) is 0 Å². The summed E-state index contributed by atoms with van der Waals surface area (Å²) in [5, 5.41) is 3.24. The molecule has 106 valence electrons. The Morgan fingerprint density at radius 3 is 2.47 bits per heavy atom. The fraction of sp³-hybridized carbons (Fsp3) is 0.647. The number of hydrogen-bond donors (Lipinski definition) is 1. The van der Waals surface area contributed by atoms with Crippen LogP contribution in [-0.2, 0) is 6.54 Å². The normalized spacial score (nSPS) is 17.5. The van der Waals surface area contributed by atoms with Crippen LogP contribution in [0.1, 0.15) is 43.2 Å². The fourth-order valence-corrected chi connectivity index (χ4v) is 2.87. The highest BCUT2D eigenvalue weighted by molar-refractivity contribution is 5.25. The van der Waals surface area contributed by atoms with Crippen LogP contribution in [0.4, 0.5) is 0 Å². The summed E-state index contributed by atoms with van der Waals surface area (Å²) in [5.41, 5.74) is 2.86. The van der Waals surface area contributed by atoms with Crippen molar-refractivity contribution in [2.75, 3.05) is 27.2 Å². The van der Waals surface area contributed by atoms with Gasteiger partial charge in [0, 0.05) is 19.6 Å². The van der Waals surface area contributed by atoms with Crippen LogP contribution in [0, 0.1) is 5.92 Å². The standard InChI is InChI=1S/C17H28N2/c1-14(11-18-2)17-9-7-16(8-10-17)13-19(3)12-15-5-4-6-15/h7-10,14-15,18H,4-6,11-13H2,1-3H3. The van der Waals surface area contributed by atoms with Crippen LogP contribution in [0.5, 0.6) is 0 Å². The molecular weight excluding hydrogens is 232 g/mol. The summed E-state index contributed by atoms with van der Waals surface area (Å²) in [6.45, 7) is 5.66. The maximum absolute atomic E-state index is 3.24. The maximum Gasteiger partial charge on any atom is 0.0230 e. The first-order valence-corrected chi connectivity index (χ1v) is 7.61. The second-order valence-electron chi connectivity index (χ2n) is 6.19.